The number of nitrogens with zero attached hydrogens (tertiary/aromatic N) is 1. The van der Waals surface area contributed by atoms with Crippen LogP contribution in [0.2, 0.25) is 0 Å². The van der Waals surface area contributed by atoms with Gasteiger partial charge in [0.1, 0.15) is 5.76 Å². The Hall–Kier alpha value is -1.94. The minimum absolute atomic E-state index is 0.762. The quantitative estimate of drug-likeness (QED) is 0.577. The number of pyridine rings is 1. The molecule has 0 radical (unpaired) electrons. The number of hydrogen-bond acceptors (Lipinski definition) is 4. The molecule has 19 heavy (non-hydrogen) atoms. The normalized spacial score (nSPS) is 11.0. The van der Waals surface area contributed by atoms with Crippen LogP contribution in [-0.2, 0) is 5.75 Å². The number of benzene rings is 1. The predicted molar refractivity (Wildman–Crippen MR) is 79.2 cm³/mol. The molecule has 0 saturated carbocycles. The second-order valence-corrected chi connectivity index (χ2v) is 5.42. The average Bonchev–Trinajstić information content (AvgIpc) is 2.89. The first-order valence-corrected chi connectivity index (χ1v) is 7.03. The highest BCUT2D eigenvalue weighted by Crippen LogP contribution is 2.31. The monoisotopic (exact) mass is 270 g/mol. The van der Waals surface area contributed by atoms with Gasteiger partial charge in [0.25, 0.3) is 0 Å². The number of anilines is 1. The summed E-state index contributed by atoms with van der Waals surface area (Å²) in [6.07, 6.45) is 1.70. The van der Waals surface area contributed by atoms with Crippen molar-refractivity contribution in [1.29, 1.82) is 0 Å². The van der Waals surface area contributed by atoms with E-state index in [1.807, 2.05) is 37.3 Å². The van der Waals surface area contributed by atoms with Crippen molar-refractivity contribution in [3.63, 3.8) is 0 Å². The van der Waals surface area contributed by atoms with Gasteiger partial charge in [0.05, 0.1) is 17.5 Å². The minimum atomic E-state index is 0.762. The fraction of sp³-hybridized carbons (Fsp3) is 0.133. The Morgan fingerprint density at radius 3 is 2.95 bits per heavy atom. The van der Waals surface area contributed by atoms with E-state index in [-0.39, 0.29) is 0 Å². The number of aromatic nitrogens is 1. The van der Waals surface area contributed by atoms with Crippen molar-refractivity contribution in [3.05, 3.63) is 54.1 Å². The summed E-state index contributed by atoms with van der Waals surface area (Å²) in [6, 6.07) is 11.8. The van der Waals surface area contributed by atoms with E-state index in [2.05, 4.69) is 11.1 Å². The van der Waals surface area contributed by atoms with Gasteiger partial charge in [0.2, 0.25) is 0 Å². The Kier molecular flexibility index (Phi) is 3.17. The number of rotatable bonds is 3. The summed E-state index contributed by atoms with van der Waals surface area (Å²) in [4.78, 5) is 5.72. The van der Waals surface area contributed by atoms with Crippen LogP contribution in [0.5, 0.6) is 0 Å². The van der Waals surface area contributed by atoms with Crippen LogP contribution in [0, 0.1) is 6.92 Å². The molecular weight excluding hydrogens is 256 g/mol. The first-order chi connectivity index (χ1) is 9.22. The molecule has 0 amide bonds. The average molecular weight is 270 g/mol. The molecule has 1 aromatic carbocycles. The molecule has 2 aromatic heterocycles. The Morgan fingerprint density at radius 1 is 1.26 bits per heavy atom. The molecule has 0 atom stereocenters. The van der Waals surface area contributed by atoms with Crippen molar-refractivity contribution in [3.8, 4) is 0 Å². The molecule has 96 valence electrons. The summed E-state index contributed by atoms with van der Waals surface area (Å²) in [5, 5.41) is 1.10. The van der Waals surface area contributed by atoms with Gasteiger partial charge < -0.3 is 10.2 Å². The molecule has 0 aliphatic carbocycles. The third-order valence-electron chi connectivity index (χ3n) is 2.87. The van der Waals surface area contributed by atoms with Crippen LogP contribution >= 0.6 is 11.8 Å². The standard InChI is InChI=1S/C15H14N2OS/c1-10-7-15(19-9-12-3-2-6-18-12)13-8-11(16)4-5-14(13)17-10/h2-8H,9,16H2,1H3. The highest BCUT2D eigenvalue weighted by molar-refractivity contribution is 7.98. The fourth-order valence-electron chi connectivity index (χ4n) is 2.00. The minimum Gasteiger partial charge on any atom is -0.468 e. The molecule has 0 fully saturated rings. The van der Waals surface area contributed by atoms with Gasteiger partial charge in [-0.25, -0.2) is 0 Å². The highest BCUT2D eigenvalue weighted by atomic mass is 32.2. The van der Waals surface area contributed by atoms with E-state index in [1.165, 1.54) is 4.90 Å². The number of fused-ring (bicyclic) bond motifs is 1. The molecule has 3 rings (SSSR count). The molecule has 0 aliphatic heterocycles. The van der Waals surface area contributed by atoms with Crippen molar-refractivity contribution in [2.75, 3.05) is 5.73 Å². The van der Waals surface area contributed by atoms with Gasteiger partial charge in [-0.3, -0.25) is 4.98 Å². The second-order valence-electron chi connectivity index (χ2n) is 4.41. The Morgan fingerprint density at radius 2 is 2.16 bits per heavy atom. The van der Waals surface area contributed by atoms with Crippen molar-refractivity contribution in [2.24, 2.45) is 0 Å². The lowest BCUT2D eigenvalue weighted by molar-refractivity contribution is 0.530. The number of hydrogen-bond donors (Lipinski definition) is 1. The summed E-state index contributed by atoms with van der Waals surface area (Å²) in [5.74, 6) is 1.77. The Labute approximate surface area is 115 Å². The van der Waals surface area contributed by atoms with E-state index in [4.69, 9.17) is 10.2 Å². The predicted octanol–water partition coefficient (Wildman–Crippen LogP) is 4.01. The molecule has 3 aromatic rings. The molecule has 2 N–H and O–H groups in total. The second kappa shape index (κ2) is 4.97. The van der Waals surface area contributed by atoms with Crippen LogP contribution in [0.15, 0.2) is 52.0 Å². The molecule has 0 spiro atoms. The molecule has 0 saturated heterocycles. The lowest BCUT2D eigenvalue weighted by Crippen LogP contribution is -1.90. The van der Waals surface area contributed by atoms with Crippen LogP contribution in [0.1, 0.15) is 11.5 Å². The van der Waals surface area contributed by atoms with Gasteiger partial charge in [0.15, 0.2) is 0 Å². The Balaban J connectivity index is 1.99. The third-order valence-corrected chi connectivity index (χ3v) is 3.95. The summed E-state index contributed by atoms with van der Waals surface area (Å²) in [6.45, 7) is 2.01. The third kappa shape index (κ3) is 2.58. The largest absolute Gasteiger partial charge is 0.468 e. The molecule has 0 aliphatic rings. The van der Waals surface area contributed by atoms with E-state index >= 15 is 0 Å². The SMILES string of the molecule is Cc1cc(SCc2ccco2)c2cc(N)ccc2n1. The van der Waals surface area contributed by atoms with E-state index < -0.39 is 0 Å². The van der Waals surface area contributed by atoms with Crippen LogP contribution < -0.4 is 5.73 Å². The molecule has 0 bridgehead atoms. The molecule has 0 unspecified atom stereocenters. The zero-order chi connectivity index (χ0) is 13.2. The molecular formula is C15H14N2OS. The summed E-state index contributed by atoms with van der Waals surface area (Å²) in [7, 11) is 0. The topological polar surface area (TPSA) is 52.0 Å². The van der Waals surface area contributed by atoms with Gasteiger partial charge >= 0.3 is 0 Å². The van der Waals surface area contributed by atoms with Gasteiger partial charge in [-0.15, -0.1) is 11.8 Å². The van der Waals surface area contributed by atoms with Gasteiger partial charge in [-0.05, 0) is 43.3 Å². The first-order valence-electron chi connectivity index (χ1n) is 6.04. The lowest BCUT2D eigenvalue weighted by atomic mass is 10.2. The van der Waals surface area contributed by atoms with Crippen LogP contribution in [-0.4, -0.2) is 4.98 Å². The van der Waals surface area contributed by atoms with E-state index in [0.29, 0.717) is 0 Å². The van der Waals surface area contributed by atoms with Crippen LogP contribution in [0.3, 0.4) is 0 Å². The van der Waals surface area contributed by atoms with Gasteiger partial charge in [-0.2, -0.15) is 0 Å². The molecule has 4 heteroatoms. The summed E-state index contributed by atoms with van der Waals surface area (Å²) in [5.41, 5.74) is 8.62. The Bertz CT molecular complexity index is 707. The van der Waals surface area contributed by atoms with E-state index in [0.717, 1.165) is 33.8 Å². The van der Waals surface area contributed by atoms with Crippen molar-refractivity contribution in [2.45, 2.75) is 17.6 Å². The summed E-state index contributed by atoms with van der Waals surface area (Å²) < 4.78 is 5.36. The maximum atomic E-state index is 5.87. The lowest BCUT2D eigenvalue weighted by Gasteiger charge is -2.07. The molecule has 2 heterocycles. The number of nitrogens with two attached hydrogens (primary N) is 1. The van der Waals surface area contributed by atoms with Crippen molar-refractivity contribution in [1.82, 2.24) is 4.98 Å². The number of thioether (sulfide) groups is 1. The number of aryl methyl sites for hydroxylation is 1. The zero-order valence-corrected chi connectivity index (χ0v) is 11.4. The van der Waals surface area contributed by atoms with Crippen LogP contribution in [0.4, 0.5) is 5.69 Å². The number of nitrogen functional groups attached to an aromatic ring is 1. The van der Waals surface area contributed by atoms with E-state index in [9.17, 15) is 0 Å². The highest BCUT2D eigenvalue weighted by Gasteiger charge is 2.06. The fourth-order valence-corrected chi connectivity index (χ4v) is 3.04. The number of furan rings is 1. The van der Waals surface area contributed by atoms with Gasteiger partial charge in [0, 0.05) is 21.7 Å². The maximum Gasteiger partial charge on any atom is 0.113 e. The van der Waals surface area contributed by atoms with Crippen molar-refractivity contribution < 1.29 is 4.42 Å². The summed E-state index contributed by atoms with van der Waals surface area (Å²) >= 11 is 1.74. The van der Waals surface area contributed by atoms with E-state index in [1.54, 1.807) is 18.0 Å². The maximum absolute atomic E-state index is 5.87. The van der Waals surface area contributed by atoms with Gasteiger partial charge in [-0.1, -0.05) is 0 Å². The zero-order valence-electron chi connectivity index (χ0n) is 10.6. The smallest absolute Gasteiger partial charge is 0.113 e. The first kappa shape index (κ1) is 12.1. The molecule has 3 nitrogen and oxygen atoms in total. The van der Waals surface area contributed by atoms with Crippen LogP contribution in [0.25, 0.3) is 10.9 Å². The van der Waals surface area contributed by atoms with Crippen molar-refractivity contribution >= 4 is 28.4 Å².